The number of thiocarbonyl (C=S) groups is 1. The van der Waals surface area contributed by atoms with Gasteiger partial charge in [-0.15, -0.1) is 11.3 Å². The summed E-state index contributed by atoms with van der Waals surface area (Å²) in [6, 6.07) is 5.93. The van der Waals surface area contributed by atoms with Crippen LogP contribution in [0, 0.1) is 35.3 Å². The first-order chi connectivity index (χ1) is 12.3. The van der Waals surface area contributed by atoms with Crippen molar-refractivity contribution in [3.63, 3.8) is 0 Å². The lowest BCUT2D eigenvalue weighted by Gasteiger charge is -2.09. The number of hydrogen-bond donors (Lipinski definition) is 2. The Balaban J connectivity index is 2.16. The molecule has 2 aromatic rings. The van der Waals surface area contributed by atoms with E-state index in [1.165, 1.54) is 30.6 Å². The van der Waals surface area contributed by atoms with E-state index in [1.807, 2.05) is 13.8 Å². The topological polar surface area (TPSA) is 117 Å². The van der Waals surface area contributed by atoms with Crippen LogP contribution in [0.1, 0.15) is 26.4 Å². The van der Waals surface area contributed by atoms with E-state index in [4.69, 9.17) is 17.0 Å². The van der Waals surface area contributed by atoms with Gasteiger partial charge in [0, 0.05) is 16.5 Å². The fourth-order valence-electron chi connectivity index (χ4n) is 2.13. The molecule has 2 rings (SSSR count). The second-order valence-corrected chi connectivity index (χ2v) is 6.78. The van der Waals surface area contributed by atoms with Crippen LogP contribution >= 0.6 is 23.6 Å². The van der Waals surface area contributed by atoms with Crippen LogP contribution in [0.25, 0.3) is 0 Å². The van der Waals surface area contributed by atoms with Gasteiger partial charge in [-0.25, -0.2) is 0 Å². The third-order valence-electron chi connectivity index (χ3n) is 3.59. The summed E-state index contributed by atoms with van der Waals surface area (Å²) in [6.45, 7) is 3.71. The summed E-state index contributed by atoms with van der Waals surface area (Å²) in [5.41, 5.74) is 1.04. The normalized spacial score (nSPS) is 9.92. The van der Waals surface area contributed by atoms with Crippen molar-refractivity contribution in [2.45, 2.75) is 13.8 Å². The molecule has 1 heterocycles. The van der Waals surface area contributed by atoms with Gasteiger partial charge in [0.25, 0.3) is 5.91 Å². The molecule has 0 atom stereocenters. The van der Waals surface area contributed by atoms with Crippen molar-refractivity contribution in [3.8, 4) is 11.8 Å². The zero-order valence-electron chi connectivity index (χ0n) is 14.1. The van der Waals surface area contributed by atoms with Crippen LogP contribution in [-0.4, -0.2) is 23.1 Å². The molecular formula is C16H14N4O4S2. The predicted octanol–water partition coefficient (Wildman–Crippen LogP) is 3.28. The van der Waals surface area contributed by atoms with Gasteiger partial charge in [-0.3, -0.25) is 20.2 Å². The van der Waals surface area contributed by atoms with Gasteiger partial charge in [0.15, 0.2) is 10.9 Å². The van der Waals surface area contributed by atoms with Crippen molar-refractivity contribution < 1.29 is 14.5 Å². The lowest BCUT2D eigenvalue weighted by molar-refractivity contribution is -0.385. The molecule has 0 saturated heterocycles. The minimum absolute atomic E-state index is 0.00813. The molecule has 10 heteroatoms. The van der Waals surface area contributed by atoms with Crippen molar-refractivity contribution in [3.05, 3.63) is 49.9 Å². The molecule has 8 nitrogen and oxygen atoms in total. The Kier molecular flexibility index (Phi) is 5.86. The van der Waals surface area contributed by atoms with E-state index in [2.05, 4.69) is 16.7 Å². The molecule has 26 heavy (non-hydrogen) atoms. The number of nitriles is 1. The Morgan fingerprint density at radius 3 is 2.69 bits per heavy atom. The Morgan fingerprint density at radius 1 is 1.42 bits per heavy atom. The first kappa shape index (κ1) is 19.3. The average molecular weight is 390 g/mol. The number of thiophene rings is 1. The second kappa shape index (κ2) is 7.90. The molecule has 0 spiro atoms. The molecule has 2 N–H and O–H groups in total. The smallest absolute Gasteiger partial charge is 0.311 e. The van der Waals surface area contributed by atoms with E-state index in [-0.39, 0.29) is 22.1 Å². The number of anilines is 1. The third-order valence-corrected chi connectivity index (χ3v) is 4.92. The molecule has 0 fully saturated rings. The number of nitrogens with zero attached hydrogens (tertiary/aromatic N) is 2. The van der Waals surface area contributed by atoms with Crippen molar-refractivity contribution in [1.29, 1.82) is 5.26 Å². The molecule has 0 aliphatic rings. The lowest BCUT2D eigenvalue weighted by Crippen LogP contribution is -2.34. The third kappa shape index (κ3) is 3.96. The maximum absolute atomic E-state index is 12.3. The fraction of sp³-hybridized carbons (Fsp3) is 0.188. The highest BCUT2D eigenvalue weighted by Gasteiger charge is 2.19. The highest BCUT2D eigenvalue weighted by atomic mass is 32.1. The van der Waals surface area contributed by atoms with Gasteiger partial charge >= 0.3 is 5.69 Å². The number of carbonyl (C=O) groups is 1. The van der Waals surface area contributed by atoms with Crippen LogP contribution < -0.4 is 15.4 Å². The van der Waals surface area contributed by atoms with Crippen LogP contribution in [0.4, 0.5) is 10.7 Å². The number of nitrogens with one attached hydrogen (secondary N) is 2. The molecule has 1 amide bonds. The van der Waals surface area contributed by atoms with Crippen LogP contribution in [0.5, 0.6) is 5.75 Å². The van der Waals surface area contributed by atoms with Gasteiger partial charge in [0.2, 0.25) is 0 Å². The highest BCUT2D eigenvalue weighted by molar-refractivity contribution is 7.80. The van der Waals surface area contributed by atoms with E-state index in [0.29, 0.717) is 10.6 Å². The van der Waals surface area contributed by atoms with E-state index in [1.54, 1.807) is 0 Å². The number of nitro groups is 1. The van der Waals surface area contributed by atoms with Crippen LogP contribution in [0.3, 0.4) is 0 Å². The number of nitro benzene ring substituents is 1. The molecule has 0 saturated carbocycles. The standard InChI is InChI=1S/C16H14N4O4S2/c1-8-9(2)26-15(11(8)7-17)19-16(25)18-14(21)10-4-5-13(24-3)12(6-10)20(22)23/h4-6H,1-3H3,(H2,18,19,21,25). The van der Waals surface area contributed by atoms with Gasteiger partial charge in [0.1, 0.15) is 11.1 Å². The number of benzene rings is 1. The number of carbonyl (C=O) groups excluding carboxylic acids is 1. The van der Waals surface area contributed by atoms with Crippen LogP contribution in [0.2, 0.25) is 0 Å². The van der Waals surface area contributed by atoms with Crippen molar-refractivity contribution in [2.75, 3.05) is 12.4 Å². The lowest BCUT2D eigenvalue weighted by atomic mass is 10.1. The van der Waals surface area contributed by atoms with E-state index < -0.39 is 10.8 Å². The van der Waals surface area contributed by atoms with Gasteiger partial charge in [-0.05, 0) is 43.8 Å². The predicted molar refractivity (Wildman–Crippen MR) is 102 cm³/mol. The number of aryl methyl sites for hydroxylation is 1. The van der Waals surface area contributed by atoms with Gasteiger partial charge in [-0.1, -0.05) is 0 Å². The van der Waals surface area contributed by atoms with Gasteiger partial charge < -0.3 is 10.1 Å². The second-order valence-electron chi connectivity index (χ2n) is 5.15. The molecule has 1 aromatic carbocycles. The summed E-state index contributed by atoms with van der Waals surface area (Å²) < 4.78 is 4.90. The Labute approximate surface area is 158 Å². The van der Waals surface area contributed by atoms with E-state index >= 15 is 0 Å². The summed E-state index contributed by atoms with van der Waals surface area (Å²) in [5.74, 6) is -0.563. The summed E-state index contributed by atoms with van der Waals surface area (Å²) in [7, 11) is 1.30. The maximum atomic E-state index is 12.3. The van der Waals surface area contributed by atoms with E-state index in [9.17, 15) is 20.2 Å². The number of ether oxygens (including phenoxy) is 1. The first-order valence-corrected chi connectivity index (χ1v) is 8.45. The number of hydrogen-bond acceptors (Lipinski definition) is 7. The number of methoxy groups -OCH3 is 1. The Morgan fingerprint density at radius 2 is 2.12 bits per heavy atom. The maximum Gasteiger partial charge on any atom is 0.311 e. The van der Waals surface area contributed by atoms with Crippen LogP contribution in [-0.2, 0) is 0 Å². The Bertz CT molecular complexity index is 946. The van der Waals surface area contributed by atoms with Crippen molar-refractivity contribution >= 4 is 45.3 Å². The zero-order chi connectivity index (χ0) is 19.4. The average Bonchev–Trinajstić information content (AvgIpc) is 2.87. The summed E-state index contributed by atoms with van der Waals surface area (Å²) >= 11 is 6.45. The molecule has 0 radical (unpaired) electrons. The fourth-order valence-corrected chi connectivity index (χ4v) is 3.41. The largest absolute Gasteiger partial charge is 0.490 e. The Hall–Kier alpha value is -3.03. The van der Waals surface area contributed by atoms with Crippen LogP contribution in [0.15, 0.2) is 18.2 Å². The summed E-state index contributed by atoms with van der Waals surface area (Å²) in [5, 5.41) is 26.1. The minimum Gasteiger partial charge on any atom is -0.490 e. The minimum atomic E-state index is -0.636. The summed E-state index contributed by atoms with van der Waals surface area (Å²) in [4.78, 5) is 23.7. The molecular weight excluding hydrogens is 376 g/mol. The van der Waals surface area contributed by atoms with E-state index in [0.717, 1.165) is 16.5 Å². The summed E-state index contributed by atoms with van der Waals surface area (Å²) in [6.07, 6.45) is 0. The zero-order valence-corrected chi connectivity index (χ0v) is 15.7. The molecule has 0 unspecified atom stereocenters. The molecule has 0 bridgehead atoms. The quantitative estimate of drug-likeness (QED) is 0.467. The van der Waals surface area contributed by atoms with Crippen molar-refractivity contribution in [1.82, 2.24) is 5.32 Å². The number of amides is 1. The molecule has 0 aliphatic carbocycles. The number of rotatable bonds is 4. The highest BCUT2D eigenvalue weighted by Crippen LogP contribution is 2.31. The van der Waals surface area contributed by atoms with Crippen molar-refractivity contribution in [2.24, 2.45) is 0 Å². The SMILES string of the molecule is COc1ccc(C(=O)NC(=S)Nc2sc(C)c(C)c2C#N)cc1[N+](=O)[O-]. The first-order valence-electron chi connectivity index (χ1n) is 7.23. The molecule has 1 aromatic heterocycles. The van der Waals surface area contributed by atoms with Gasteiger partial charge in [0.05, 0.1) is 17.6 Å². The van der Waals surface area contributed by atoms with Gasteiger partial charge in [-0.2, -0.15) is 5.26 Å². The molecule has 0 aliphatic heterocycles. The monoisotopic (exact) mass is 390 g/mol. The molecule has 134 valence electrons.